The second-order valence-corrected chi connectivity index (χ2v) is 5.39. The van der Waals surface area contributed by atoms with Gasteiger partial charge in [0.1, 0.15) is 23.3 Å². The number of nitrogens with zero attached hydrogens (tertiary/aromatic N) is 1. The Bertz CT molecular complexity index is 1080. The molecule has 0 aromatic heterocycles. The van der Waals surface area contributed by atoms with Crippen LogP contribution in [0, 0.1) is 34.6 Å². The monoisotopic (exact) mass is 359 g/mol. The highest BCUT2D eigenvalue weighted by atomic mass is 19.1. The predicted molar refractivity (Wildman–Crippen MR) is 85.3 cm³/mol. The first-order valence-corrected chi connectivity index (χ1v) is 7.27. The van der Waals surface area contributed by atoms with Crippen molar-refractivity contribution in [3.8, 4) is 17.2 Å². The summed E-state index contributed by atoms with van der Waals surface area (Å²) in [5.41, 5.74) is -1.39. The van der Waals surface area contributed by atoms with Gasteiger partial charge < -0.3 is 4.74 Å². The van der Waals surface area contributed by atoms with E-state index in [9.17, 15) is 27.6 Å². The molecule has 0 unspecified atom stereocenters. The van der Waals surface area contributed by atoms with Gasteiger partial charge in [0, 0.05) is 23.1 Å². The SMILES string of the molecule is COC(=O)c1ccc2c(C#N)cc(F)c(-c3c(F)cc(F)cc3F)c2c1. The van der Waals surface area contributed by atoms with Gasteiger partial charge in [-0.1, -0.05) is 6.07 Å². The normalized spacial score (nSPS) is 10.6. The minimum Gasteiger partial charge on any atom is -0.465 e. The molecule has 7 heteroatoms. The Balaban J connectivity index is 2.47. The Hall–Kier alpha value is -3.40. The third-order valence-corrected chi connectivity index (χ3v) is 3.89. The van der Waals surface area contributed by atoms with Crippen LogP contribution in [0.4, 0.5) is 17.6 Å². The smallest absolute Gasteiger partial charge is 0.337 e. The summed E-state index contributed by atoms with van der Waals surface area (Å²) in [6.07, 6.45) is 0. The molecular formula is C19H9F4NO2. The van der Waals surface area contributed by atoms with Crippen LogP contribution in [-0.4, -0.2) is 13.1 Å². The van der Waals surface area contributed by atoms with Crippen LogP contribution in [0.2, 0.25) is 0 Å². The molecule has 0 amide bonds. The van der Waals surface area contributed by atoms with E-state index in [4.69, 9.17) is 0 Å². The number of fused-ring (bicyclic) bond motifs is 1. The van der Waals surface area contributed by atoms with Crippen molar-refractivity contribution < 1.29 is 27.1 Å². The maximum absolute atomic E-state index is 14.6. The summed E-state index contributed by atoms with van der Waals surface area (Å²) in [6, 6.07) is 7.32. The van der Waals surface area contributed by atoms with E-state index in [2.05, 4.69) is 4.74 Å². The van der Waals surface area contributed by atoms with Crippen molar-refractivity contribution in [2.45, 2.75) is 0 Å². The number of carbonyl (C=O) groups excluding carboxylic acids is 1. The van der Waals surface area contributed by atoms with Crippen molar-refractivity contribution in [1.29, 1.82) is 5.26 Å². The van der Waals surface area contributed by atoms with Crippen LogP contribution in [0.3, 0.4) is 0 Å². The summed E-state index contributed by atoms with van der Waals surface area (Å²) in [7, 11) is 1.14. The molecule has 0 saturated heterocycles. The fourth-order valence-electron chi connectivity index (χ4n) is 2.76. The molecule has 0 aliphatic heterocycles. The van der Waals surface area contributed by atoms with E-state index < -0.39 is 40.4 Å². The molecule has 130 valence electrons. The lowest BCUT2D eigenvalue weighted by atomic mass is 9.92. The number of halogens is 4. The Morgan fingerprint density at radius 2 is 1.54 bits per heavy atom. The van der Waals surface area contributed by atoms with Gasteiger partial charge in [-0.25, -0.2) is 22.4 Å². The Labute approximate surface area is 145 Å². The van der Waals surface area contributed by atoms with Crippen molar-refractivity contribution >= 4 is 16.7 Å². The summed E-state index contributed by atoms with van der Waals surface area (Å²) in [5.74, 6) is -5.61. The van der Waals surface area contributed by atoms with Gasteiger partial charge in [0.15, 0.2) is 0 Å². The second-order valence-electron chi connectivity index (χ2n) is 5.39. The number of hydrogen-bond donors (Lipinski definition) is 0. The van der Waals surface area contributed by atoms with Crippen LogP contribution >= 0.6 is 0 Å². The first-order valence-electron chi connectivity index (χ1n) is 7.27. The van der Waals surface area contributed by atoms with Gasteiger partial charge in [-0.15, -0.1) is 0 Å². The Morgan fingerprint density at radius 1 is 0.923 bits per heavy atom. The number of benzene rings is 3. The summed E-state index contributed by atoms with van der Waals surface area (Å²) in [5, 5.41) is 9.29. The summed E-state index contributed by atoms with van der Waals surface area (Å²) in [6.45, 7) is 0. The highest BCUT2D eigenvalue weighted by molar-refractivity contribution is 6.04. The third kappa shape index (κ3) is 2.75. The van der Waals surface area contributed by atoms with Crippen molar-refractivity contribution in [3.05, 3.63) is 70.8 Å². The molecular weight excluding hydrogens is 350 g/mol. The zero-order valence-electron chi connectivity index (χ0n) is 13.2. The van der Waals surface area contributed by atoms with Crippen LogP contribution in [0.25, 0.3) is 21.9 Å². The van der Waals surface area contributed by atoms with Crippen molar-refractivity contribution in [1.82, 2.24) is 0 Å². The molecule has 0 saturated carbocycles. The maximum atomic E-state index is 14.6. The van der Waals surface area contributed by atoms with Gasteiger partial charge in [-0.3, -0.25) is 0 Å². The molecule has 3 nitrogen and oxygen atoms in total. The molecule has 0 bridgehead atoms. The molecule has 0 atom stereocenters. The van der Waals surface area contributed by atoms with E-state index in [0.717, 1.165) is 13.2 Å². The lowest BCUT2D eigenvalue weighted by Crippen LogP contribution is -2.02. The molecule has 0 fully saturated rings. The number of rotatable bonds is 2. The second kappa shape index (κ2) is 6.48. The van der Waals surface area contributed by atoms with E-state index in [0.29, 0.717) is 12.1 Å². The van der Waals surface area contributed by atoms with Gasteiger partial charge in [0.2, 0.25) is 0 Å². The van der Waals surface area contributed by atoms with E-state index in [1.807, 2.05) is 0 Å². The fourth-order valence-corrected chi connectivity index (χ4v) is 2.76. The number of methoxy groups -OCH3 is 1. The molecule has 3 aromatic carbocycles. The molecule has 0 radical (unpaired) electrons. The molecule has 0 heterocycles. The third-order valence-electron chi connectivity index (χ3n) is 3.89. The predicted octanol–water partition coefficient (Wildman–Crippen LogP) is 4.72. The highest BCUT2D eigenvalue weighted by Gasteiger charge is 2.22. The van der Waals surface area contributed by atoms with Crippen molar-refractivity contribution in [2.75, 3.05) is 7.11 Å². The molecule has 0 N–H and O–H groups in total. The molecule has 26 heavy (non-hydrogen) atoms. The van der Waals surface area contributed by atoms with Crippen molar-refractivity contribution in [2.24, 2.45) is 0 Å². The van der Waals surface area contributed by atoms with Gasteiger partial charge >= 0.3 is 5.97 Å². The average Bonchev–Trinajstić information content (AvgIpc) is 2.61. The van der Waals surface area contributed by atoms with E-state index >= 15 is 0 Å². The van der Waals surface area contributed by atoms with E-state index in [-0.39, 0.29) is 21.9 Å². The molecule has 3 rings (SSSR count). The van der Waals surface area contributed by atoms with Gasteiger partial charge in [0.25, 0.3) is 0 Å². The summed E-state index contributed by atoms with van der Waals surface area (Å²) in [4.78, 5) is 11.7. The number of carbonyl (C=O) groups is 1. The lowest BCUT2D eigenvalue weighted by molar-refractivity contribution is 0.0601. The zero-order chi connectivity index (χ0) is 19.0. The first kappa shape index (κ1) is 17.4. The molecule has 0 aliphatic carbocycles. The summed E-state index contributed by atoms with van der Waals surface area (Å²) >= 11 is 0. The standard InChI is InChI=1S/C19H9F4NO2/c1-26-19(25)9-2-3-12-10(8-24)5-14(21)17(13(12)4-9)18-15(22)6-11(20)7-16(18)23/h2-7H,1H3. The Kier molecular flexibility index (Phi) is 4.34. The topological polar surface area (TPSA) is 50.1 Å². The molecule has 3 aromatic rings. The van der Waals surface area contributed by atoms with Gasteiger partial charge in [0.05, 0.1) is 29.9 Å². The zero-order valence-corrected chi connectivity index (χ0v) is 13.2. The highest BCUT2D eigenvalue weighted by Crippen LogP contribution is 2.37. The number of hydrogen-bond acceptors (Lipinski definition) is 3. The number of ether oxygens (including phenoxy) is 1. The number of esters is 1. The molecule has 0 spiro atoms. The maximum Gasteiger partial charge on any atom is 0.337 e. The lowest BCUT2D eigenvalue weighted by Gasteiger charge is -2.13. The first-order chi connectivity index (χ1) is 12.4. The van der Waals surface area contributed by atoms with Crippen molar-refractivity contribution in [3.63, 3.8) is 0 Å². The minimum absolute atomic E-state index is 0.00123. The van der Waals surface area contributed by atoms with Crippen LogP contribution in [0.5, 0.6) is 0 Å². The molecule has 0 aliphatic rings. The van der Waals surface area contributed by atoms with Gasteiger partial charge in [-0.2, -0.15) is 5.26 Å². The van der Waals surface area contributed by atoms with Crippen LogP contribution in [0.1, 0.15) is 15.9 Å². The van der Waals surface area contributed by atoms with Crippen LogP contribution in [-0.2, 0) is 4.74 Å². The quantitative estimate of drug-likeness (QED) is 0.491. The van der Waals surface area contributed by atoms with Crippen LogP contribution < -0.4 is 0 Å². The average molecular weight is 359 g/mol. The Morgan fingerprint density at radius 3 is 2.12 bits per heavy atom. The summed E-state index contributed by atoms with van der Waals surface area (Å²) < 4.78 is 60.8. The van der Waals surface area contributed by atoms with Crippen LogP contribution in [0.15, 0.2) is 36.4 Å². The number of nitriles is 1. The van der Waals surface area contributed by atoms with E-state index in [1.54, 1.807) is 6.07 Å². The van der Waals surface area contributed by atoms with E-state index in [1.165, 1.54) is 18.2 Å². The fraction of sp³-hybridized carbons (Fsp3) is 0.0526. The van der Waals surface area contributed by atoms with Gasteiger partial charge in [-0.05, 0) is 23.6 Å². The minimum atomic E-state index is -1.31. The largest absolute Gasteiger partial charge is 0.465 e.